The van der Waals surface area contributed by atoms with E-state index in [9.17, 15) is 9.59 Å². The van der Waals surface area contributed by atoms with Gasteiger partial charge < -0.3 is 4.74 Å². The highest BCUT2D eigenvalue weighted by Crippen LogP contribution is 2.13. The van der Waals surface area contributed by atoms with Gasteiger partial charge in [0, 0.05) is 0 Å². The molecule has 0 fully saturated rings. The molecule has 0 N–H and O–H groups in total. The second-order valence-corrected chi connectivity index (χ2v) is 7.83. The summed E-state index contributed by atoms with van der Waals surface area (Å²) in [6.45, 7) is 6.21. The second kappa shape index (κ2) is 16.7. The Bertz CT molecular complexity index is 614. The van der Waals surface area contributed by atoms with Crippen LogP contribution in [0.5, 0.6) is 0 Å². The van der Waals surface area contributed by atoms with E-state index in [-0.39, 0.29) is 6.61 Å². The first-order chi connectivity index (χ1) is 14.5. The van der Waals surface area contributed by atoms with Crippen molar-refractivity contribution in [2.24, 2.45) is 0 Å². The lowest BCUT2D eigenvalue weighted by Crippen LogP contribution is -2.13. The van der Waals surface area contributed by atoms with Crippen molar-refractivity contribution in [2.75, 3.05) is 6.61 Å². The van der Waals surface area contributed by atoms with Crippen LogP contribution in [0, 0.1) is 13.8 Å². The quantitative estimate of drug-likeness (QED) is 0.122. The lowest BCUT2D eigenvalue weighted by atomic mass is 10.1. The fourth-order valence-corrected chi connectivity index (χ4v) is 3.29. The minimum absolute atomic E-state index is 0.255. The number of unbranched alkanes of at least 4 members (excludes halogenated alkanes) is 11. The van der Waals surface area contributed by atoms with Gasteiger partial charge in [-0.25, -0.2) is 14.5 Å². The van der Waals surface area contributed by atoms with E-state index in [1.165, 1.54) is 57.8 Å². The van der Waals surface area contributed by atoms with Gasteiger partial charge in [-0.05, 0) is 31.9 Å². The highest BCUT2D eigenvalue weighted by Gasteiger charge is 2.14. The summed E-state index contributed by atoms with van der Waals surface area (Å²) in [4.78, 5) is 32.1. The molecule has 0 aliphatic heterocycles. The van der Waals surface area contributed by atoms with Gasteiger partial charge in [0.15, 0.2) is 0 Å². The molecule has 0 amide bonds. The molecule has 0 bridgehead atoms. The molecule has 0 heterocycles. The first-order valence-electron chi connectivity index (χ1n) is 11.3. The smallest absolute Gasteiger partial charge is 0.432 e. The topological polar surface area (TPSA) is 71.1 Å². The van der Waals surface area contributed by atoms with E-state index in [0.717, 1.165) is 30.4 Å². The van der Waals surface area contributed by atoms with Crippen LogP contribution in [0.3, 0.4) is 0 Å². The fourth-order valence-electron chi connectivity index (χ4n) is 3.29. The molecule has 0 radical (unpaired) electrons. The van der Waals surface area contributed by atoms with Crippen molar-refractivity contribution in [3.63, 3.8) is 0 Å². The molecule has 1 rings (SSSR count). The van der Waals surface area contributed by atoms with Crippen LogP contribution in [0.1, 0.15) is 105 Å². The number of carbonyl (C=O) groups excluding carboxylic acids is 2. The van der Waals surface area contributed by atoms with Gasteiger partial charge in [-0.2, -0.15) is 0 Å². The number of benzene rings is 1. The molecule has 6 heteroatoms. The lowest BCUT2D eigenvalue weighted by molar-refractivity contribution is -0.452. The maximum absolute atomic E-state index is 11.9. The molecule has 170 valence electrons. The molecular formula is C24H38O6. The summed E-state index contributed by atoms with van der Waals surface area (Å²) in [6.07, 6.45) is 13.8. The van der Waals surface area contributed by atoms with Gasteiger partial charge in [0.1, 0.15) is 0 Å². The van der Waals surface area contributed by atoms with Gasteiger partial charge in [0.2, 0.25) is 0 Å². The number of hydrogen-bond acceptors (Lipinski definition) is 6. The van der Waals surface area contributed by atoms with Gasteiger partial charge >= 0.3 is 12.1 Å². The fraction of sp³-hybridized carbons (Fsp3) is 0.667. The zero-order chi connectivity index (χ0) is 22.0. The standard InChI is InChI=1S/C24H38O6/c1-4-5-6-7-8-9-10-11-12-13-14-15-18-27-24(26)29-30-28-23(25)22-17-16-20(2)19-21(22)3/h16-17,19H,4-15,18H2,1-3H3. The van der Waals surface area contributed by atoms with Crippen molar-refractivity contribution in [1.29, 1.82) is 0 Å². The van der Waals surface area contributed by atoms with Crippen molar-refractivity contribution < 1.29 is 29.1 Å². The SMILES string of the molecule is CCCCCCCCCCCCCCOC(=O)OOOC(=O)c1ccc(C)cc1C. The van der Waals surface area contributed by atoms with Crippen molar-refractivity contribution in [2.45, 2.75) is 97.8 Å². The Morgan fingerprint density at radius 2 is 1.33 bits per heavy atom. The van der Waals surface area contributed by atoms with Gasteiger partial charge in [0.25, 0.3) is 0 Å². The van der Waals surface area contributed by atoms with Crippen molar-refractivity contribution >= 4 is 12.1 Å². The largest absolute Gasteiger partial charge is 0.543 e. The highest BCUT2D eigenvalue weighted by atomic mass is 17.5. The average Bonchev–Trinajstić information content (AvgIpc) is 2.71. The number of ether oxygens (including phenoxy) is 1. The second-order valence-electron chi connectivity index (χ2n) is 7.83. The van der Waals surface area contributed by atoms with E-state index in [0.29, 0.717) is 5.56 Å². The van der Waals surface area contributed by atoms with Crippen LogP contribution in [0.15, 0.2) is 18.2 Å². The van der Waals surface area contributed by atoms with Crippen LogP contribution >= 0.6 is 0 Å². The van der Waals surface area contributed by atoms with Gasteiger partial charge in [-0.3, -0.25) is 4.89 Å². The first-order valence-corrected chi connectivity index (χ1v) is 11.3. The van der Waals surface area contributed by atoms with Crippen LogP contribution in [0.4, 0.5) is 4.79 Å². The van der Waals surface area contributed by atoms with Crippen LogP contribution in [-0.2, 0) is 19.6 Å². The van der Waals surface area contributed by atoms with Crippen molar-refractivity contribution in [3.05, 3.63) is 34.9 Å². The third kappa shape index (κ3) is 12.5. The molecule has 1 aromatic carbocycles. The predicted molar refractivity (Wildman–Crippen MR) is 116 cm³/mol. The summed E-state index contributed by atoms with van der Waals surface area (Å²) in [6, 6.07) is 5.26. The molecule has 0 atom stereocenters. The summed E-state index contributed by atoms with van der Waals surface area (Å²) in [5.74, 6) is -0.735. The Morgan fingerprint density at radius 3 is 1.90 bits per heavy atom. The molecule has 0 aromatic heterocycles. The van der Waals surface area contributed by atoms with Crippen LogP contribution in [0.25, 0.3) is 0 Å². The minimum Gasteiger partial charge on any atom is -0.432 e. The summed E-state index contributed by atoms with van der Waals surface area (Å²) in [5.41, 5.74) is 2.12. The Morgan fingerprint density at radius 1 is 0.767 bits per heavy atom. The molecule has 0 unspecified atom stereocenters. The molecule has 1 aromatic rings. The molecule has 0 aliphatic carbocycles. The van der Waals surface area contributed by atoms with E-state index in [4.69, 9.17) is 4.74 Å². The number of rotatable bonds is 16. The average molecular weight is 423 g/mol. The van der Waals surface area contributed by atoms with Crippen molar-refractivity contribution in [3.8, 4) is 0 Å². The minimum atomic E-state index is -1.02. The zero-order valence-corrected chi connectivity index (χ0v) is 18.9. The summed E-state index contributed by atoms with van der Waals surface area (Å²) in [5, 5.41) is 4.24. The molecule has 6 nitrogen and oxygen atoms in total. The maximum Gasteiger partial charge on any atom is 0.543 e. The Labute approximate surface area is 181 Å². The van der Waals surface area contributed by atoms with E-state index < -0.39 is 12.1 Å². The first kappa shape index (κ1) is 26.0. The Balaban J connectivity index is 1.93. The molecular weight excluding hydrogens is 384 g/mol. The molecule has 0 spiro atoms. The third-order valence-corrected chi connectivity index (χ3v) is 5.03. The van der Waals surface area contributed by atoms with Crippen LogP contribution < -0.4 is 0 Å². The monoisotopic (exact) mass is 422 g/mol. The van der Waals surface area contributed by atoms with Crippen LogP contribution in [-0.4, -0.2) is 18.7 Å². The van der Waals surface area contributed by atoms with Gasteiger partial charge in [-0.15, -0.1) is 0 Å². The molecule has 30 heavy (non-hydrogen) atoms. The van der Waals surface area contributed by atoms with Crippen molar-refractivity contribution in [1.82, 2.24) is 0 Å². The number of carbonyl (C=O) groups is 2. The zero-order valence-electron chi connectivity index (χ0n) is 18.9. The van der Waals surface area contributed by atoms with Gasteiger partial charge in [0.05, 0.1) is 17.2 Å². The van der Waals surface area contributed by atoms with Gasteiger partial charge in [-0.1, -0.05) is 95.2 Å². The van der Waals surface area contributed by atoms with E-state index in [2.05, 4.69) is 21.7 Å². The summed E-state index contributed by atoms with van der Waals surface area (Å²) >= 11 is 0. The molecule has 0 aliphatic rings. The Kier molecular flexibility index (Phi) is 14.4. The van der Waals surface area contributed by atoms with E-state index in [1.807, 2.05) is 13.0 Å². The summed E-state index contributed by atoms with van der Waals surface area (Å²) in [7, 11) is 0. The molecule has 0 saturated heterocycles. The summed E-state index contributed by atoms with van der Waals surface area (Å²) < 4.78 is 4.88. The lowest BCUT2D eigenvalue weighted by Gasteiger charge is -2.06. The number of hydrogen-bond donors (Lipinski definition) is 0. The molecule has 0 saturated carbocycles. The highest BCUT2D eigenvalue weighted by molar-refractivity contribution is 5.90. The maximum atomic E-state index is 11.9. The third-order valence-electron chi connectivity index (χ3n) is 5.03. The Hall–Kier alpha value is -2.08. The van der Waals surface area contributed by atoms with E-state index >= 15 is 0 Å². The predicted octanol–water partition coefficient (Wildman–Crippen LogP) is 7.16. The number of aryl methyl sites for hydroxylation is 2. The normalized spacial score (nSPS) is 10.6. The van der Waals surface area contributed by atoms with Crippen LogP contribution in [0.2, 0.25) is 0 Å². The van der Waals surface area contributed by atoms with E-state index in [1.54, 1.807) is 19.1 Å².